The fourth-order valence-electron chi connectivity index (χ4n) is 2.73. The van der Waals surface area contributed by atoms with Gasteiger partial charge in [-0.1, -0.05) is 12.1 Å². The molecular weight excluding hydrogens is 363 g/mol. The van der Waals surface area contributed by atoms with Gasteiger partial charge in [0.15, 0.2) is 11.5 Å². The summed E-state index contributed by atoms with van der Waals surface area (Å²) in [5, 5.41) is 2.84. The molecule has 0 fully saturated rings. The lowest BCUT2D eigenvalue weighted by Gasteiger charge is -2.20. The minimum absolute atomic E-state index is 0.256. The van der Waals surface area contributed by atoms with Crippen molar-refractivity contribution >= 4 is 5.91 Å². The molecule has 1 amide bonds. The number of halogens is 1. The molecule has 4 rings (SSSR count). The van der Waals surface area contributed by atoms with Crippen molar-refractivity contribution in [3.63, 3.8) is 0 Å². The molecule has 7 heteroatoms. The number of hydrogen-bond donors (Lipinski definition) is 1. The zero-order valence-electron chi connectivity index (χ0n) is 14.9. The summed E-state index contributed by atoms with van der Waals surface area (Å²) in [5.74, 6) is 1.32. The molecule has 0 radical (unpaired) electrons. The Hall–Kier alpha value is -3.61. The van der Waals surface area contributed by atoms with Crippen molar-refractivity contribution in [2.75, 3.05) is 13.2 Å². The third-order valence-corrected chi connectivity index (χ3v) is 4.10. The van der Waals surface area contributed by atoms with E-state index in [9.17, 15) is 9.18 Å². The monoisotopic (exact) mass is 380 g/mol. The number of para-hydroxylation sites is 1. The predicted octanol–water partition coefficient (Wildman–Crippen LogP) is 3.71. The zero-order valence-corrected chi connectivity index (χ0v) is 14.9. The summed E-state index contributed by atoms with van der Waals surface area (Å²) in [4.78, 5) is 16.7. The highest BCUT2D eigenvalue weighted by Crippen LogP contribution is 2.33. The fourth-order valence-corrected chi connectivity index (χ4v) is 2.73. The summed E-state index contributed by atoms with van der Waals surface area (Å²) >= 11 is 0. The van der Waals surface area contributed by atoms with Gasteiger partial charge in [0.1, 0.15) is 24.8 Å². The van der Waals surface area contributed by atoms with Gasteiger partial charge >= 0.3 is 0 Å². The second-order valence-corrected chi connectivity index (χ2v) is 6.07. The van der Waals surface area contributed by atoms with Crippen LogP contribution < -0.4 is 19.5 Å². The Morgan fingerprint density at radius 1 is 1.07 bits per heavy atom. The van der Waals surface area contributed by atoms with E-state index in [4.69, 9.17) is 14.2 Å². The first-order chi connectivity index (χ1) is 13.7. The van der Waals surface area contributed by atoms with Crippen LogP contribution in [0.2, 0.25) is 0 Å². The van der Waals surface area contributed by atoms with Crippen molar-refractivity contribution in [2.45, 2.75) is 6.54 Å². The number of nitrogens with one attached hydrogen (secondary N) is 1. The Bertz CT molecular complexity index is 975. The molecule has 2 heterocycles. The average Bonchev–Trinajstić information content (AvgIpc) is 2.74. The first-order valence-corrected chi connectivity index (χ1v) is 8.74. The minimum atomic E-state index is -0.331. The van der Waals surface area contributed by atoms with Crippen LogP contribution in [0.4, 0.5) is 4.39 Å². The molecule has 0 atom stereocenters. The lowest BCUT2D eigenvalue weighted by molar-refractivity contribution is 0.0939. The predicted molar refractivity (Wildman–Crippen MR) is 99.3 cm³/mol. The molecule has 6 nitrogen and oxygen atoms in total. The van der Waals surface area contributed by atoms with E-state index in [-0.39, 0.29) is 11.7 Å². The first-order valence-electron chi connectivity index (χ1n) is 8.74. The highest BCUT2D eigenvalue weighted by atomic mass is 19.1. The minimum Gasteiger partial charge on any atom is -0.486 e. The van der Waals surface area contributed by atoms with Gasteiger partial charge < -0.3 is 19.5 Å². The molecule has 0 aliphatic carbocycles. The average molecular weight is 380 g/mol. The molecule has 0 bridgehead atoms. The van der Waals surface area contributed by atoms with E-state index in [0.717, 1.165) is 5.56 Å². The van der Waals surface area contributed by atoms with Gasteiger partial charge in [0.25, 0.3) is 5.91 Å². The molecule has 1 aliphatic heterocycles. The first kappa shape index (κ1) is 17.8. The number of aromatic nitrogens is 1. The fraction of sp³-hybridized carbons (Fsp3) is 0.143. The summed E-state index contributed by atoms with van der Waals surface area (Å²) in [6.07, 6.45) is 1.61. The molecule has 1 N–H and O–H groups in total. The van der Waals surface area contributed by atoms with Crippen molar-refractivity contribution in [1.29, 1.82) is 0 Å². The van der Waals surface area contributed by atoms with Crippen molar-refractivity contribution in [2.24, 2.45) is 0 Å². The standard InChI is InChI=1S/C21H17FN2O4/c22-15-5-7-16(8-6-15)28-19-9-4-14(12-23-19)13-24-21(25)17-2-1-3-18-20(17)27-11-10-26-18/h1-9,12H,10-11,13H2,(H,24,25). The van der Waals surface area contributed by atoms with Crippen LogP contribution in [-0.2, 0) is 6.54 Å². The molecule has 0 saturated heterocycles. The van der Waals surface area contributed by atoms with Crippen molar-refractivity contribution < 1.29 is 23.4 Å². The number of rotatable bonds is 5. The lowest BCUT2D eigenvalue weighted by Crippen LogP contribution is -2.25. The SMILES string of the molecule is O=C(NCc1ccc(Oc2ccc(F)cc2)nc1)c1cccc2c1OCCO2. The van der Waals surface area contributed by atoms with Crippen LogP contribution in [0.25, 0.3) is 0 Å². The molecule has 28 heavy (non-hydrogen) atoms. The molecule has 0 saturated carbocycles. The van der Waals surface area contributed by atoms with E-state index in [1.807, 2.05) is 0 Å². The van der Waals surface area contributed by atoms with Gasteiger partial charge in [-0.15, -0.1) is 0 Å². The van der Waals surface area contributed by atoms with Gasteiger partial charge in [-0.3, -0.25) is 4.79 Å². The van der Waals surface area contributed by atoms with E-state index in [2.05, 4.69) is 10.3 Å². The van der Waals surface area contributed by atoms with Gasteiger partial charge in [-0.2, -0.15) is 0 Å². The number of carbonyl (C=O) groups excluding carboxylic acids is 1. The third-order valence-electron chi connectivity index (χ3n) is 4.10. The van der Waals surface area contributed by atoms with Crippen LogP contribution >= 0.6 is 0 Å². The van der Waals surface area contributed by atoms with E-state index in [1.165, 1.54) is 24.3 Å². The molecule has 0 unspecified atom stereocenters. The maximum atomic E-state index is 12.9. The number of carbonyl (C=O) groups is 1. The Morgan fingerprint density at radius 2 is 1.89 bits per heavy atom. The number of hydrogen-bond acceptors (Lipinski definition) is 5. The van der Waals surface area contributed by atoms with Crippen LogP contribution in [0.3, 0.4) is 0 Å². The molecular formula is C21H17FN2O4. The molecule has 1 aromatic heterocycles. The molecule has 2 aromatic carbocycles. The number of amides is 1. The van der Waals surface area contributed by atoms with Gasteiger partial charge in [0.2, 0.25) is 5.88 Å². The highest BCUT2D eigenvalue weighted by Gasteiger charge is 2.20. The topological polar surface area (TPSA) is 69.7 Å². The normalized spacial score (nSPS) is 12.3. The number of benzene rings is 2. The number of fused-ring (bicyclic) bond motifs is 1. The maximum Gasteiger partial charge on any atom is 0.255 e. The van der Waals surface area contributed by atoms with E-state index in [1.54, 1.807) is 36.5 Å². The van der Waals surface area contributed by atoms with E-state index >= 15 is 0 Å². The summed E-state index contributed by atoms with van der Waals surface area (Å²) in [7, 11) is 0. The van der Waals surface area contributed by atoms with Crippen LogP contribution in [0.1, 0.15) is 15.9 Å². The molecule has 0 spiro atoms. The quantitative estimate of drug-likeness (QED) is 0.731. The summed E-state index contributed by atoms with van der Waals surface area (Å²) in [6, 6.07) is 14.4. The van der Waals surface area contributed by atoms with Crippen molar-refractivity contribution in [3.8, 4) is 23.1 Å². The van der Waals surface area contributed by atoms with Gasteiger partial charge in [-0.25, -0.2) is 9.37 Å². The van der Waals surface area contributed by atoms with Crippen LogP contribution in [-0.4, -0.2) is 24.1 Å². The molecule has 142 valence electrons. The Labute approximate surface area is 160 Å². The van der Waals surface area contributed by atoms with Gasteiger partial charge in [0.05, 0.1) is 5.56 Å². The summed E-state index contributed by atoms with van der Waals surface area (Å²) in [5.41, 5.74) is 1.24. The van der Waals surface area contributed by atoms with Crippen LogP contribution in [0.5, 0.6) is 23.1 Å². The van der Waals surface area contributed by atoms with Gasteiger partial charge in [0, 0.05) is 18.8 Å². The third kappa shape index (κ3) is 4.03. The summed E-state index contributed by atoms with van der Waals surface area (Å²) < 4.78 is 29.5. The second-order valence-electron chi connectivity index (χ2n) is 6.07. The second kappa shape index (κ2) is 7.96. The van der Waals surface area contributed by atoms with E-state index in [0.29, 0.717) is 48.5 Å². The Balaban J connectivity index is 1.37. The molecule has 1 aliphatic rings. The van der Waals surface area contributed by atoms with E-state index < -0.39 is 0 Å². The lowest BCUT2D eigenvalue weighted by atomic mass is 10.1. The van der Waals surface area contributed by atoms with Crippen molar-refractivity contribution in [3.05, 3.63) is 77.7 Å². The smallest absolute Gasteiger partial charge is 0.255 e. The highest BCUT2D eigenvalue weighted by molar-refractivity contribution is 5.97. The summed E-state index contributed by atoms with van der Waals surface area (Å²) in [6.45, 7) is 1.18. The molecule has 3 aromatic rings. The van der Waals surface area contributed by atoms with Gasteiger partial charge in [-0.05, 0) is 42.0 Å². The Kier molecular flexibility index (Phi) is 5.05. The Morgan fingerprint density at radius 3 is 2.68 bits per heavy atom. The van der Waals surface area contributed by atoms with Crippen LogP contribution in [0.15, 0.2) is 60.8 Å². The number of pyridine rings is 1. The largest absolute Gasteiger partial charge is 0.486 e. The number of nitrogens with zero attached hydrogens (tertiary/aromatic N) is 1. The maximum absolute atomic E-state index is 12.9. The van der Waals surface area contributed by atoms with Crippen molar-refractivity contribution in [1.82, 2.24) is 10.3 Å². The van der Waals surface area contributed by atoms with Crippen LogP contribution in [0, 0.1) is 5.82 Å². The number of ether oxygens (including phenoxy) is 3. The zero-order chi connectivity index (χ0) is 19.3.